The molecule has 31 heavy (non-hydrogen) atoms. The third-order valence-corrected chi connectivity index (χ3v) is 5.70. The summed E-state index contributed by atoms with van der Waals surface area (Å²) in [6.45, 7) is 1.57. The minimum Gasteiger partial charge on any atom is -0.471 e. The molecule has 3 aromatic carbocycles. The molecule has 1 heterocycles. The number of amides is 1. The van der Waals surface area contributed by atoms with Crippen molar-refractivity contribution in [1.29, 1.82) is 0 Å². The summed E-state index contributed by atoms with van der Waals surface area (Å²) in [6, 6.07) is 18.3. The van der Waals surface area contributed by atoms with Gasteiger partial charge in [-0.25, -0.2) is 9.97 Å². The smallest absolute Gasteiger partial charge is 0.241 e. The van der Waals surface area contributed by atoms with Crippen LogP contribution in [0.3, 0.4) is 0 Å². The van der Waals surface area contributed by atoms with Gasteiger partial charge in [-0.15, -0.1) is 0 Å². The van der Waals surface area contributed by atoms with Gasteiger partial charge in [0.15, 0.2) is 0 Å². The molecule has 0 atom stereocenters. The summed E-state index contributed by atoms with van der Waals surface area (Å²) in [4.78, 5) is 21.2. The summed E-state index contributed by atoms with van der Waals surface area (Å²) in [5, 5.41) is 3.85. The van der Waals surface area contributed by atoms with Crippen LogP contribution >= 0.6 is 39.1 Å². The van der Waals surface area contributed by atoms with Crippen LogP contribution in [0.4, 0.5) is 5.69 Å². The van der Waals surface area contributed by atoms with E-state index < -0.39 is 0 Å². The fourth-order valence-corrected chi connectivity index (χ4v) is 3.95. The Morgan fingerprint density at radius 3 is 2.35 bits per heavy atom. The van der Waals surface area contributed by atoms with Crippen LogP contribution in [-0.2, 0) is 11.4 Å². The van der Waals surface area contributed by atoms with Gasteiger partial charge in [-0.3, -0.25) is 4.79 Å². The van der Waals surface area contributed by atoms with Gasteiger partial charge in [0.05, 0.1) is 16.7 Å². The van der Waals surface area contributed by atoms with Gasteiger partial charge in [0.25, 0.3) is 0 Å². The van der Waals surface area contributed by atoms with Gasteiger partial charge in [0.2, 0.25) is 11.8 Å². The Morgan fingerprint density at radius 2 is 1.68 bits per heavy atom. The molecular weight excluding hydrogens is 501 g/mol. The molecular formula is C23H16BrCl2N3O2. The lowest BCUT2D eigenvalue weighted by atomic mass is 10.1. The van der Waals surface area contributed by atoms with Crippen LogP contribution < -0.4 is 10.1 Å². The number of nitrogens with one attached hydrogen (secondary N) is 1. The summed E-state index contributed by atoms with van der Waals surface area (Å²) in [5.41, 5.74) is 3.80. The second-order valence-corrected chi connectivity index (χ2v) is 8.46. The number of halogens is 3. The van der Waals surface area contributed by atoms with Crippen LogP contribution in [0.5, 0.6) is 5.88 Å². The molecule has 0 bridgehead atoms. The third kappa shape index (κ3) is 4.82. The molecule has 1 amide bonds. The van der Waals surface area contributed by atoms with Crippen molar-refractivity contribution in [2.24, 2.45) is 0 Å². The maximum absolute atomic E-state index is 11.7. The highest BCUT2D eigenvalue weighted by Crippen LogP contribution is 2.37. The highest BCUT2D eigenvalue weighted by atomic mass is 79.9. The summed E-state index contributed by atoms with van der Waals surface area (Å²) in [5.74, 6) is 0.113. The SMILES string of the molecule is CC(=O)Nc1ccc(Br)cc1-c1nc2ccccc2nc1OCc1c(Cl)cccc1Cl. The first kappa shape index (κ1) is 21.6. The number of aromatic nitrogens is 2. The van der Waals surface area contributed by atoms with Gasteiger partial charge < -0.3 is 10.1 Å². The number of anilines is 1. The minimum atomic E-state index is -0.192. The Labute approximate surface area is 197 Å². The molecule has 0 saturated carbocycles. The third-order valence-electron chi connectivity index (χ3n) is 4.50. The lowest BCUT2D eigenvalue weighted by Crippen LogP contribution is -2.08. The number of hydrogen-bond donors (Lipinski definition) is 1. The predicted molar refractivity (Wildman–Crippen MR) is 128 cm³/mol. The fourth-order valence-electron chi connectivity index (χ4n) is 3.08. The van der Waals surface area contributed by atoms with E-state index in [0.717, 1.165) is 4.47 Å². The number of rotatable bonds is 5. The fraction of sp³-hybridized carbons (Fsp3) is 0.0870. The molecule has 4 aromatic rings. The van der Waals surface area contributed by atoms with Crippen molar-refractivity contribution in [3.05, 3.63) is 80.7 Å². The molecule has 1 aromatic heterocycles. The van der Waals surface area contributed by atoms with E-state index in [1.807, 2.05) is 36.4 Å². The van der Waals surface area contributed by atoms with Gasteiger partial charge in [-0.2, -0.15) is 0 Å². The van der Waals surface area contributed by atoms with E-state index in [2.05, 4.69) is 26.2 Å². The molecule has 0 aliphatic rings. The Hall–Kier alpha value is -2.67. The van der Waals surface area contributed by atoms with Crippen LogP contribution in [0.15, 0.2) is 65.1 Å². The lowest BCUT2D eigenvalue weighted by Gasteiger charge is -2.15. The highest BCUT2D eigenvalue weighted by molar-refractivity contribution is 9.10. The zero-order valence-electron chi connectivity index (χ0n) is 16.3. The highest BCUT2D eigenvalue weighted by Gasteiger charge is 2.18. The van der Waals surface area contributed by atoms with E-state index in [1.165, 1.54) is 6.92 Å². The molecule has 0 spiro atoms. The van der Waals surface area contributed by atoms with E-state index in [9.17, 15) is 4.79 Å². The second-order valence-electron chi connectivity index (χ2n) is 6.73. The normalized spacial score (nSPS) is 10.8. The molecule has 0 fully saturated rings. The summed E-state index contributed by atoms with van der Waals surface area (Å²) >= 11 is 16.1. The van der Waals surface area contributed by atoms with Crippen molar-refractivity contribution in [2.75, 3.05) is 5.32 Å². The first-order valence-corrected chi connectivity index (χ1v) is 10.9. The Morgan fingerprint density at radius 1 is 1.00 bits per heavy atom. The lowest BCUT2D eigenvalue weighted by molar-refractivity contribution is -0.114. The molecule has 5 nitrogen and oxygen atoms in total. The monoisotopic (exact) mass is 515 g/mol. The van der Waals surface area contributed by atoms with Crippen molar-refractivity contribution in [3.63, 3.8) is 0 Å². The van der Waals surface area contributed by atoms with E-state index in [1.54, 1.807) is 24.3 Å². The first-order valence-electron chi connectivity index (χ1n) is 9.32. The second kappa shape index (κ2) is 9.22. The zero-order chi connectivity index (χ0) is 22.0. The molecule has 0 unspecified atom stereocenters. The maximum atomic E-state index is 11.7. The van der Waals surface area contributed by atoms with E-state index in [4.69, 9.17) is 32.9 Å². The molecule has 0 radical (unpaired) electrons. The zero-order valence-corrected chi connectivity index (χ0v) is 19.4. The Kier molecular flexibility index (Phi) is 6.41. The number of ether oxygens (including phenoxy) is 1. The Bertz CT molecular complexity index is 1280. The average Bonchev–Trinajstić information content (AvgIpc) is 2.74. The van der Waals surface area contributed by atoms with Gasteiger partial charge in [0, 0.05) is 32.6 Å². The molecule has 0 aliphatic heterocycles. The van der Waals surface area contributed by atoms with Crippen LogP contribution in [0, 0.1) is 0 Å². The standard InChI is InChI=1S/C23H16BrCl2N3O2/c1-13(30)27-19-10-9-14(24)11-15(19)22-23(29-21-8-3-2-7-20(21)28-22)31-12-16-17(25)5-4-6-18(16)26/h2-11H,12H2,1H3,(H,27,30). The number of nitrogens with zero attached hydrogens (tertiary/aromatic N) is 2. The topological polar surface area (TPSA) is 64.1 Å². The number of benzene rings is 3. The molecule has 1 N–H and O–H groups in total. The Balaban J connectivity index is 1.85. The summed E-state index contributed by atoms with van der Waals surface area (Å²) in [7, 11) is 0. The quantitative estimate of drug-likeness (QED) is 0.313. The van der Waals surface area contributed by atoms with Crippen molar-refractivity contribution in [1.82, 2.24) is 9.97 Å². The van der Waals surface area contributed by atoms with Gasteiger partial charge in [-0.05, 0) is 42.5 Å². The number of carbonyl (C=O) groups excluding carboxylic acids is 1. The van der Waals surface area contributed by atoms with Crippen LogP contribution in [0.25, 0.3) is 22.3 Å². The van der Waals surface area contributed by atoms with Crippen molar-refractivity contribution in [2.45, 2.75) is 13.5 Å². The van der Waals surface area contributed by atoms with E-state index in [-0.39, 0.29) is 12.5 Å². The van der Waals surface area contributed by atoms with Crippen LogP contribution in [0.2, 0.25) is 10.0 Å². The molecule has 4 rings (SSSR count). The predicted octanol–water partition coefficient (Wildman–Crippen LogP) is 6.90. The van der Waals surface area contributed by atoms with Crippen LogP contribution in [-0.4, -0.2) is 15.9 Å². The summed E-state index contributed by atoms with van der Waals surface area (Å²) < 4.78 is 6.90. The maximum Gasteiger partial charge on any atom is 0.241 e. The largest absolute Gasteiger partial charge is 0.471 e. The number of para-hydroxylation sites is 2. The molecule has 8 heteroatoms. The molecule has 0 aliphatic carbocycles. The van der Waals surface area contributed by atoms with Gasteiger partial charge in [-0.1, -0.05) is 57.3 Å². The first-order chi connectivity index (χ1) is 14.9. The van der Waals surface area contributed by atoms with E-state index >= 15 is 0 Å². The van der Waals surface area contributed by atoms with Crippen molar-refractivity contribution >= 4 is 61.8 Å². The van der Waals surface area contributed by atoms with Crippen molar-refractivity contribution < 1.29 is 9.53 Å². The molecule has 156 valence electrons. The minimum absolute atomic E-state index is 0.113. The van der Waals surface area contributed by atoms with Crippen molar-refractivity contribution in [3.8, 4) is 17.1 Å². The van der Waals surface area contributed by atoms with Crippen LogP contribution in [0.1, 0.15) is 12.5 Å². The van der Waals surface area contributed by atoms with E-state index in [0.29, 0.717) is 49.5 Å². The van der Waals surface area contributed by atoms with Gasteiger partial charge >= 0.3 is 0 Å². The number of carbonyl (C=O) groups is 1. The van der Waals surface area contributed by atoms with Gasteiger partial charge in [0.1, 0.15) is 12.3 Å². The number of fused-ring (bicyclic) bond motifs is 1. The number of hydrogen-bond acceptors (Lipinski definition) is 4. The summed E-state index contributed by atoms with van der Waals surface area (Å²) in [6.07, 6.45) is 0. The average molecular weight is 517 g/mol. The molecule has 0 saturated heterocycles.